The molecule has 0 spiro atoms. The highest BCUT2D eigenvalue weighted by Gasteiger charge is 2.33. The lowest BCUT2D eigenvalue weighted by atomic mass is 10.0. The number of ketones is 1. The molecule has 0 aliphatic heterocycles. The van der Waals surface area contributed by atoms with Crippen LogP contribution in [0.5, 0.6) is 5.75 Å². The predicted molar refractivity (Wildman–Crippen MR) is 132 cm³/mol. The zero-order valence-electron chi connectivity index (χ0n) is 19.8. The molecule has 0 fully saturated rings. The number of ether oxygens (including phenoxy) is 1. The maximum Gasteiger partial charge on any atom is 0.573 e. The third-order valence-corrected chi connectivity index (χ3v) is 5.33. The summed E-state index contributed by atoms with van der Waals surface area (Å²) in [5.74, 6) is -1.73. The Kier molecular flexibility index (Phi) is 7.33. The second-order valence-corrected chi connectivity index (χ2v) is 7.55. The van der Waals surface area contributed by atoms with Crippen LogP contribution in [0.25, 0.3) is 27.9 Å². The summed E-state index contributed by atoms with van der Waals surface area (Å²) in [5.41, 5.74) is 2.78. The Bertz CT molecular complexity index is 1530. The van der Waals surface area contributed by atoms with Crippen molar-refractivity contribution in [3.05, 3.63) is 108 Å². The summed E-state index contributed by atoms with van der Waals surface area (Å²) >= 11 is 0. The van der Waals surface area contributed by atoms with Gasteiger partial charge < -0.3 is 4.74 Å². The Morgan fingerprint density at radius 1 is 0.838 bits per heavy atom. The van der Waals surface area contributed by atoms with E-state index in [-0.39, 0.29) is 11.3 Å². The van der Waals surface area contributed by atoms with Gasteiger partial charge in [-0.25, -0.2) is 8.91 Å². The molecule has 2 aromatic carbocycles. The molecule has 5 nitrogen and oxygen atoms in total. The van der Waals surface area contributed by atoms with E-state index in [2.05, 4.69) is 14.8 Å². The molecule has 37 heavy (non-hydrogen) atoms. The van der Waals surface area contributed by atoms with Gasteiger partial charge in [-0.2, -0.15) is 5.10 Å². The number of para-hydroxylation sites is 1. The summed E-state index contributed by atoms with van der Waals surface area (Å²) in [7, 11) is 0. The van der Waals surface area contributed by atoms with E-state index in [4.69, 9.17) is 0 Å². The molecule has 0 saturated carbocycles. The minimum Gasteiger partial charge on any atom is -0.405 e. The van der Waals surface area contributed by atoms with E-state index >= 15 is 0 Å². The SMILES string of the molecule is CC.O=C(c1ccccc1OC(F)(F)F)c1cccc2c(-c3ccncc3)c(-c3ccc(F)cc3)nn12. The lowest BCUT2D eigenvalue weighted by molar-refractivity contribution is -0.274. The minimum atomic E-state index is -4.96. The molecule has 188 valence electrons. The molecule has 3 aromatic heterocycles. The smallest absolute Gasteiger partial charge is 0.405 e. The average molecular weight is 507 g/mol. The first-order valence-corrected chi connectivity index (χ1v) is 11.4. The quantitative estimate of drug-likeness (QED) is 0.184. The molecule has 9 heteroatoms. The number of fused-ring (bicyclic) bond motifs is 1. The molecule has 0 atom stereocenters. The van der Waals surface area contributed by atoms with Crippen molar-refractivity contribution < 1.29 is 27.1 Å². The fourth-order valence-corrected chi connectivity index (χ4v) is 3.86. The number of benzene rings is 2. The summed E-state index contributed by atoms with van der Waals surface area (Å²) in [6.07, 6.45) is -1.75. The van der Waals surface area contributed by atoms with Crippen molar-refractivity contribution in [3.8, 4) is 28.1 Å². The van der Waals surface area contributed by atoms with Gasteiger partial charge in [-0.1, -0.05) is 32.0 Å². The van der Waals surface area contributed by atoms with Crippen molar-refractivity contribution in [1.29, 1.82) is 0 Å². The van der Waals surface area contributed by atoms with Crippen molar-refractivity contribution in [2.24, 2.45) is 0 Å². The summed E-state index contributed by atoms with van der Waals surface area (Å²) in [5, 5.41) is 4.63. The lowest BCUT2D eigenvalue weighted by Crippen LogP contribution is -2.19. The number of aromatic nitrogens is 3. The molecule has 0 saturated heterocycles. The van der Waals surface area contributed by atoms with Crippen LogP contribution in [-0.2, 0) is 0 Å². The molecule has 0 N–H and O–H groups in total. The normalized spacial score (nSPS) is 11.1. The van der Waals surface area contributed by atoms with Crippen LogP contribution in [0.1, 0.15) is 29.9 Å². The fraction of sp³-hybridized carbons (Fsp3) is 0.107. The van der Waals surface area contributed by atoms with Crippen LogP contribution < -0.4 is 4.74 Å². The Hall–Kier alpha value is -4.53. The van der Waals surface area contributed by atoms with Gasteiger partial charge >= 0.3 is 6.36 Å². The largest absolute Gasteiger partial charge is 0.573 e. The van der Waals surface area contributed by atoms with Gasteiger partial charge in [0.15, 0.2) is 0 Å². The van der Waals surface area contributed by atoms with Crippen LogP contribution in [0.3, 0.4) is 0 Å². The van der Waals surface area contributed by atoms with E-state index in [1.165, 1.54) is 40.9 Å². The van der Waals surface area contributed by atoms with Crippen LogP contribution in [0.4, 0.5) is 17.6 Å². The average Bonchev–Trinajstić information content (AvgIpc) is 3.29. The zero-order chi connectivity index (χ0) is 26.6. The third-order valence-electron chi connectivity index (χ3n) is 5.33. The Balaban J connectivity index is 0.00000156. The van der Waals surface area contributed by atoms with Crippen molar-refractivity contribution in [3.63, 3.8) is 0 Å². The molecule has 3 heterocycles. The number of alkyl halides is 3. The molecule has 0 radical (unpaired) electrons. The third kappa shape index (κ3) is 5.35. The van der Waals surface area contributed by atoms with Crippen LogP contribution in [0.15, 0.2) is 91.3 Å². The van der Waals surface area contributed by atoms with E-state index in [0.29, 0.717) is 22.3 Å². The molecular formula is C28H21F4N3O2. The summed E-state index contributed by atoms with van der Waals surface area (Å²) in [4.78, 5) is 17.5. The van der Waals surface area contributed by atoms with Crippen LogP contribution in [0, 0.1) is 5.82 Å². The van der Waals surface area contributed by atoms with Gasteiger partial charge in [-0.15, -0.1) is 13.2 Å². The van der Waals surface area contributed by atoms with Gasteiger partial charge in [0.1, 0.15) is 23.0 Å². The first-order chi connectivity index (χ1) is 17.8. The molecule has 5 aromatic rings. The molecule has 0 amide bonds. The maximum absolute atomic E-state index is 13.6. The van der Waals surface area contributed by atoms with Gasteiger partial charge in [0, 0.05) is 23.5 Å². The van der Waals surface area contributed by atoms with Crippen LogP contribution in [-0.4, -0.2) is 26.7 Å². The molecule has 0 aliphatic rings. The van der Waals surface area contributed by atoms with Crippen LogP contribution in [0.2, 0.25) is 0 Å². The summed E-state index contributed by atoms with van der Waals surface area (Å²) in [6.45, 7) is 4.00. The molecule has 0 unspecified atom stereocenters. The summed E-state index contributed by atoms with van der Waals surface area (Å²) < 4.78 is 57.8. The predicted octanol–water partition coefficient (Wildman–Crippen LogP) is 7.36. The maximum atomic E-state index is 13.6. The molecular weight excluding hydrogens is 486 g/mol. The Labute approximate surface area is 210 Å². The van der Waals surface area contributed by atoms with Gasteiger partial charge in [-0.3, -0.25) is 9.78 Å². The van der Waals surface area contributed by atoms with Gasteiger partial charge in [0.25, 0.3) is 0 Å². The van der Waals surface area contributed by atoms with Crippen molar-refractivity contribution in [2.75, 3.05) is 0 Å². The van der Waals surface area contributed by atoms with Gasteiger partial charge in [-0.05, 0) is 66.2 Å². The van der Waals surface area contributed by atoms with Crippen LogP contribution >= 0.6 is 0 Å². The van der Waals surface area contributed by atoms with Gasteiger partial charge in [0.2, 0.25) is 5.78 Å². The highest BCUT2D eigenvalue weighted by atomic mass is 19.4. The van der Waals surface area contributed by atoms with E-state index in [0.717, 1.165) is 11.6 Å². The van der Waals surface area contributed by atoms with Gasteiger partial charge in [0.05, 0.1) is 11.1 Å². The second-order valence-electron chi connectivity index (χ2n) is 7.55. The number of carbonyl (C=O) groups excluding carboxylic acids is 1. The fourth-order valence-electron chi connectivity index (χ4n) is 3.86. The second kappa shape index (κ2) is 10.6. The molecule has 0 bridgehead atoms. The highest BCUT2D eigenvalue weighted by molar-refractivity contribution is 6.10. The Morgan fingerprint density at radius 2 is 1.51 bits per heavy atom. The first-order valence-electron chi connectivity index (χ1n) is 11.4. The van der Waals surface area contributed by atoms with Crippen molar-refractivity contribution in [1.82, 2.24) is 14.6 Å². The minimum absolute atomic E-state index is 0.0318. The number of nitrogens with zero attached hydrogens (tertiary/aromatic N) is 3. The highest BCUT2D eigenvalue weighted by Crippen LogP contribution is 2.36. The lowest BCUT2D eigenvalue weighted by Gasteiger charge is -2.13. The number of pyridine rings is 2. The number of carbonyl (C=O) groups is 1. The number of rotatable bonds is 5. The standard InChI is InChI=1S/C26H15F4N3O2.C2H6/c27-18-10-8-17(9-11-18)24-23(16-12-14-31-15-13-16)20-5-3-6-21(33(20)32-24)25(34)19-4-1-2-7-22(19)35-26(28,29)30;1-2/h1-15H;1-2H3. The summed E-state index contributed by atoms with van der Waals surface area (Å²) in [6, 6.07) is 19.2. The van der Waals surface area contributed by atoms with Crippen molar-refractivity contribution in [2.45, 2.75) is 20.2 Å². The molecule has 0 aliphatic carbocycles. The monoisotopic (exact) mass is 507 g/mol. The number of hydrogen-bond donors (Lipinski definition) is 0. The van der Waals surface area contributed by atoms with E-state index in [1.807, 2.05) is 13.8 Å². The van der Waals surface area contributed by atoms with E-state index in [9.17, 15) is 22.4 Å². The molecule has 5 rings (SSSR count). The van der Waals surface area contributed by atoms with E-state index < -0.39 is 23.7 Å². The number of halogens is 4. The topological polar surface area (TPSA) is 56.5 Å². The van der Waals surface area contributed by atoms with E-state index in [1.54, 1.807) is 48.8 Å². The number of hydrogen-bond acceptors (Lipinski definition) is 4. The van der Waals surface area contributed by atoms with Crippen molar-refractivity contribution >= 4 is 11.3 Å². The zero-order valence-corrected chi connectivity index (χ0v) is 19.8. The first kappa shape index (κ1) is 25.6. The Morgan fingerprint density at radius 3 is 2.19 bits per heavy atom.